The van der Waals surface area contributed by atoms with Gasteiger partial charge in [0.2, 0.25) is 0 Å². The van der Waals surface area contributed by atoms with Crippen LogP contribution in [0.3, 0.4) is 0 Å². The Morgan fingerprint density at radius 2 is 1.57 bits per heavy atom. The first-order chi connectivity index (χ1) is 17.7. The Hall–Kier alpha value is -4.53. The molecule has 4 aromatic rings. The number of urea groups is 2. The Kier molecular flexibility index (Phi) is 7.62. The molecule has 4 aromatic carbocycles. The third kappa shape index (κ3) is 6.58. The zero-order chi connectivity index (χ0) is 26.4. The predicted octanol–water partition coefficient (Wildman–Crippen LogP) is 7.03. The van der Waals surface area contributed by atoms with Crippen LogP contribution in [0.2, 0.25) is 0 Å². The first-order valence-corrected chi connectivity index (χ1v) is 11.6. The highest BCUT2D eigenvalue weighted by atomic mass is 19.4. The van der Waals surface area contributed by atoms with Crippen LogP contribution >= 0.6 is 0 Å². The van der Waals surface area contributed by atoms with Gasteiger partial charge in [-0.05, 0) is 54.3 Å². The molecule has 0 atom stereocenters. The number of benzene rings is 4. The standard InChI is InChI=1S/C28H25F3N4O2/c1-19-7-4-11-22(17-19)33-27(37)35(23-12-6-10-21(18-23)28(29,30)31)16-15-32-26(36)34-25-14-5-9-20-8-2-3-13-24(20)25/h2-14,17-18H,15-16H2,1H3,(H,33,37)(H2,32,34,36). The van der Waals surface area contributed by atoms with E-state index >= 15 is 0 Å². The lowest BCUT2D eigenvalue weighted by Crippen LogP contribution is -2.42. The highest BCUT2D eigenvalue weighted by Gasteiger charge is 2.31. The van der Waals surface area contributed by atoms with Crippen molar-refractivity contribution in [2.45, 2.75) is 13.1 Å². The topological polar surface area (TPSA) is 73.5 Å². The number of alkyl halides is 3. The van der Waals surface area contributed by atoms with Gasteiger partial charge in [-0.1, -0.05) is 54.6 Å². The summed E-state index contributed by atoms with van der Waals surface area (Å²) in [6.07, 6.45) is -4.56. The molecule has 3 N–H and O–H groups in total. The zero-order valence-corrected chi connectivity index (χ0v) is 20.0. The van der Waals surface area contributed by atoms with E-state index in [0.29, 0.717) is 11.4 Å². The summed E-state index contributed by atoms with van der Waals surface area (Å²) in [6, 6.07) is 23.5. The van der Waals surface area contributed by atoms with Gasteiger partial charge in [0, 0.05) is 29.9 Å². The predicted molar refractivity (Wildman–Crippen MR) is 140 cm³/mol. The number of nitrogens with one attached hydrogen (secondary N) is 3. The molecular weight excluding hydrogens is 481 g/mol. The zero-order valence-electron chi connectivity index (χ0n) is 20.0. The van der Waals surface area contributed by atoms with Crippen LogP contribution in [0.5, 0.6) is 0 Å². The highest BCUT2D eigenvalue weighted by molar-refractivity contribution is 6.03. The maximum atomic E-state index is 13.3. The molecule has 0 radical (unpaired) electrons. The van der Waals surface area contributed by atoms with Crippen LogP contribution in [-0.4, -0.2) is 25.2 Å². The molecule has 9 heteroatoms. The van der Waals surface area contributed by atoms with Crippen LogP contribution < -0.4 is 20.9 Å². The average molecular weight is 507 g/mol. The number of carbonyl (C=O) groups is 2. The molecule has 0 saturated carbocycles. The van der Waals surface area contributed by atoms with Crippen molar-refractivity contribution in [2.24, 2.45) is 0 Å². The number of anilines is 3. The van der Waals surface area contributed by atoms with E-state index in [1.807, 2.05) is 49.4 Å². The fourth-order valence-electron chi connectivity index (χ4n) is 3.89. The Morgan fingerprint density at radius 3 is 2.35 bits per heavy atom. The highest BCUT2D eigenvalue weighted by Crippen LogP contribution is 2.32. The lowest BCUT2D eigenvalue weighted by Gasteiger charge is -2.24. The summed E-state index contributed by atoms with van der Waals surface area (Å²) >= 11 is 0. The maximum absolute atomic E-state index is 13.3. The van der Waals surface area contributed by atoms with E-state index in [1.165, 1.54) is 12.1 Å². The minimum absolute atomic E-state index is 0.00587. The molecule has 0 bridgehead atoms. The van der Waals surface area contributed by atoms with Crippen molar-refractivity contribution in [3.8, 4) is 0 Å². The number of aryl methyl sites for hydroxylation is 1. The Bertz CT molecular complexity index is 1420. The summed E-state index contributed by atoms with van der Waals surface area (Å²) < 4.78 is 39.9. The maximum Gasteiger partial charge on any atom is 0.416 e. The molecule has 190 valence electrons. The van der Waals surface area contributed by atoms with E-state index in [4.69, 9.17) is 0 Å². The first-order valence-electron chi connectivity index (χ1n) is 11.6. The molecule has 37 heavy (non-hydrogen) atoms. The normalized spacial score (nSPS) is 11.1. The van der Waals surface area contributed by atoms with Gasteiger partial charge in [-0.15, -0.1) is 0 Å². The van der Waals surface area contributed by atoms with E-state index < -0.39 is 23.8 Å². The van der Waals surface area contributed by atoms with Crippen molar-refractivity contribution in [3.63, 3.8) is 0 Å². The summed E-state index contributed by atoms with van der Waals surface area (Å²) in [7, 11) is 0. The Labute approximate surface area is 212 Å². The van der Waals surface area contributed by atoms with Gasteiger partial charge >= 0.3 is 18.2 Å². The van der Waals surface area contributed by atoms with Gasteiger partial charge in [0.05, 0.1) is 11.3 Å². The largest absolute Gasteiger partial charge is 0.416 e. The van der Waals surface area contributed by atoms with Crippen molar-refractivity contribution in [3.05, 3.63) is 102 Å². The van der Waals surface area contributed by atoms with Crippen LogP contribution in [0.15, 0.2) is 91.0 Å². The number of hydrogen-bond donors (Lipinski definition) is 3. The van der Waals surface area contributed by atoms with Gasteiger partial charge < -0.3 is 16.0 Å². The molecule has 0 spiro atoms. The molecule has 0 unspecified atom stereocenters. The molecule has 0 aliphatic heterocycles. The minimum atomic E-state index is -4.56. The van der Waals surface area contributed by atoms with Crippen LogP contribution in [0.4, 0.5) is 39.8 Å². The molecule has 0 saturated heterocycles. The number of fused-ring (bicyclic) bond motifs is 1. The second-order valence-corrected chi connectivity index (χ2v) is 8.41. The van der Waals surface area contributed by atoms with Crippen molar-refractivity contribution >= 4 is 39.9 Å². The molecule has 0 aliphatic rings. The SMILES string of the molecule is Cc1cccc(NC(=O)N(CCNC(=O)Nc2cccc3ccccc23)c2cccc(C(F)(F)F)c2)c1. The van der Waals surface area contributed by atoms with Crippen LogP contribution in [0.25, 0.3) is 10.8 Å². The first kappa shape index (κ1) is 25.6. The number of hydrogen-bond acceptors (Lipinski definition) is 2. The average Bonchev–Trinajstić information content (AvgIpc) is 2.86. The lowest BCUT2D eigenvalue weighted by molar-refractivity contribution is -0.137. The smallest absolute Gasteiger partial charge is 0.336 e. The van der Waals surface area contributed by atoms with Crippen molar-refractivity contribution in [1.82, 2.24) is 5.32 Å². The summed E-state index contributed by atoms with van der Waals surface area (Å²) in [5, 5.41) is 10.0. The Balaban J connectivity index is 1.48. The summed E-state index contributed by atoms with van der Waals surface area (Å²) in [5.74, 6) is 0. The summed E-state index contributed by atoms with van der Waals surface area (Å²) in [5.41, 5.74) is 1.21. The van der Waals surface area contributed by atoms with E-state index in [0.717, 1.165) is 33.4 Å². The van der Waals surface area contributed by atoms with E-state index in [1.54, 1.807) is 24.3 Å². The number of nitrogens with zero attached hydrogens (tertiary/aromatic N) is 1. The van der Waals surface area contributed by atoms with Gasteiger partial charge in [0.15, 0.2) is 0 Å². The van der Waals surface area contributed by atoms with Gasteiger partial charge in [-0.3, -0.25) is 4.90 Å². The molecule has 0 fully saturated rings. The number of halogens is 3. The molecule has 0 aliphatic carbocycles. The lowest BCUT2D eigenvalue weighted by atomic mass is 10.1. The minimum Gasteiger partial charge on any atom is -0.336 e. The number of carbonyl (C=O) groups excluding carboxylic acids is 2. The van der Waals surface area contributed by atoms with Crippen LogP contribution in [0.1, 0.15) is 11.1 Å². The number of rotatable bonds is 6. The van der Waals surface area contributed by atoms with E-state index in [2.05, 4.69) is 16.0 Å². The molecular formula is C28H25F3N4O2. The monoisotopic (exact) mass is 506 g/mol. The Morgan fingerprint density at radius 1 is 0.838 bits per heavy atom. The van der Waals surface area contributed by atoms with Gasteiger partial charge in [0.1, 0.15) is 0 Å². The third-order valence-corrected chi connectivity index (χ3v) is 5.66. The fraction of sp³-hybridized carbons (Fsp3) is 0.143. The molecule has 0 heterocycles. The summed E-state index contributed by atoms with van der Waals surface area (Å²) in [4.78, 5) is 26.8. The molecule has 6 nitrogen and oxygen atoms in total. The second-order valence-electron chi connectivity index (χ2n) is 8.41. The summed E-state index contributed by atoms with van der Waals surface area (Å²) in [6.45, 7) is 1.79. The van der Waals surface area contributed by atoms with Crippen molar-refractivity contribution < 1.29 is 22.8 Å². The number of amides is 4. The van der Waals surface area contributed by atoms with Gasteiger partial charge in [-0.2, -0.15) is 13.2 Å². The van der Waals surface area contributed by atoms with Gasteiger partial charge in [0.25, 0.3) is 0 Å². The molecule has 4 amide bonds. The fourth-order valence-corrected chi connectivity index (χ4v) is 3.89. The second kappa shape index (κ2) is 11.0. The van der Waals surface area contributed by atoms with E-state index in [-0.39, 0.29) is 18.8 Å². The van der Waals surface area contributed by atoms with Crippen molar-refractivity contribution in [2.75, 3.05) is 28.6 Å². The van der Waals surface area contributed by atoms with E-state index in [9.17, 15) is 22.8 Å². The van der Waals surface area contributed by atoms with Crippen LogP contribution in [0, 0.1) is 6.92 Å². The molecule has 0 aromatic heterocycles. The quantitative estimate of drug-likeness (QED) is 0.263. The molecule has 4 rings (SSSR count). The van der Waals surface area contributed by atoms with Crippen LogP contribution in [-0.2, 0) is 6.18 Å². The third-order valence-electron chi connectivity index (χ3n) is 5.66. The van der Waals surface area contributed by atoms with Crippen molar-refractivity contribution in [1.29, 1.82) is 0 Å². The van der Waals surface area contributed by atoms with Gasteiger partial charge in [-0.25, -0.2) is 9.59 Å².